The van der Waals surface area contributed by atoms with Gasteiger partial charge in [-0.15, -0.1) is 0 Å². The Morgan fingerprint density at radius 3 is 2.60 bits per heavy atom. The molecular weight excluding hydrogens is 346 g/mol. The fourth-order valence-electron chi connectivity index (χ4n) is 3.00. The number of rotatable bonds is 7. The average molecular weight is 371 g/mol. The first-order valence-corrected chi connectivity index (χ1v) is 9.66. The number of nitrogens with zero attached hydrogens (tertiary/aromatic N) is 1. The summed E-state index contributed by atoms with van der Waals surface area (Å²) < 4.78 is 32.3. The number of benzene rings is 1. The second-order valence-electron chi connectivity index (χ2n) is 6.06. The van der Waals surface area contributed by atoms with E-state index in [9.17, 15) is 13.2 Å². The summed E-state index contributed by atoms with van der Waals surface area (Å²) in [6, 6.07) is 5.51. The maximum Gasteiger partial charge on any atom is 0.258 e. The summed E-state index contributed by atoms with van der Waals surface area (Å²) >= 11 is 0. The molecule has 1 aliphatic rings. The molecule has 0 bridgehead atoms. The van der Waals surface area contributed by atoms with Crippen molar-refractivity contribution in [1.29, 1.82) is 0 Å². The predicted molar refractivity (Wildman–Crippen MR) is 91.9 cm³/mol. The van der Waals surface area contributed by atoms with Gasteiger partial charge in [-0.05, 0) is 50.6 Å². The standard InChI is InChI=1S/C16H25N3O5S/c1-12(15-5-3-4-10-17-15)19(11-16(20)18-21)25(22,23)14-8-6-13(24-2)7-9-14/h6-9,12,15,17,21H,3-5,10-11H2,1-2H3,(H,18,20). The number of amides is 1. The third kappa shape index (κ3) is 4.69. The van der Waals surface area contributed by atoms with Crippen molar-refractivity contribution in [2.45, 2.75) is 43.2 Å². The lowest BCUT2D eigenvalue weighted by Gasteiger charge is -2.36. The van der Waals surface area contributed by atoms with Crippen molar-refractivity contribution in [2.24, 2.45) is 0 Å². The largest absolute Gasteiger partial charge is 0.497 e. The number of nitrogens with one attached hydrogen (secondary N) is 2. The van der Waals surface area contributed by atoms with Gasteiger partial charge in [0.05, 0.1) is 18.6 Å². The number of methoxy groups -OCH3 is 1. The van der Waals surface area contributed by atoms with E-state index in [2.05, 4.69) is 5.32 Å². The number of carbonyl (C=O) groups is 1. The molecule has 0 aliphatic carbocycles. The van der Waals surface area contributed by atoms with Crippen molar-refractivity contribution in [2.75, 3.05) is 20.2 Å². The van der Waals surface area contributed by atoms with E-state index in [0.717, 1.165) is 30.1 Å². The minimum atomic E-state index is -3.91. The fraction of sp³-hybridized carbons (Fsp3) is 0.562. The third-order valence-corrected chi connectivity index (χ3v) is 6.42. The van der Waals surface area contributed by atoms with Gasteiger partial charge in [0, 0.05) is 12.1 Å². The van der Waals surface area contributed by atoms with Crippen LogP contribution in [0, 0.1) is 0 Å². The van der Waals surface area contributed by atoms with Crippen LogP contribution in [0.1, 0.15) is 26.2 Å². The Morgan fingerprint density at radius 2 is 2.08 bits per heavy atom. The Kier molecular flexibility index (Phi) is 6.77. The van der Waals surface area contributed by atoms with Crippen molar-refractivity contribution in [3.05, 3.63) is 24.3 Å². The molecule has 1 fully saturated rings. The van der Waals surface area contributed by atoms with E-state index in [-0.39, 0.29) is 10.9 Å². The summed E-state index contributed by atoms with van der Waals surface area (Å²) in [5.74, 6) is -0.236. The molecule has 2 unspecified atom stereocenters. The number of ether oxygens (including phenoxy) is 1. The summed E-state index contributed by atoms with van der Waals surface area (Å²) in [7, 11) is -2.42. The quantitative estimate of drug-likeness (QED) is 0.482. The molecule has 0 radical (unpaired) electrons. The smallest absolute Gasteiger partial charge is 0.258 e. The molecular formula is C16H25N3O5S. The Labute approximate surface area is 148 Å². The van der Waals surface area contributed by atoms with Gasteiger partial charge in [0.2, 0.25) is 10.0 Å². The molecule has 2 atom stereocenters. The van der Waals surface area contributed by atoms with Crippen LogP contribution in [0.5, 0.6) is 5.75 Å². The van der Waals surface area contributed by atoms with Crippen molar-refractivity contribution in [3.63, 3.8) is 0 Å². The van der Waals surface area contributed by atoms with Crippen molar-refractivity contribution < 1.29 is 23.2 Å². The monoisotopic (exact) mass is 371 g/mol. The highest BCUT2D eigenvalue weighted by Crippen LogP contribution is 2.24. The van der Waals surface area contributed by atoms with Crippen LogP contribution in [0.4, 0.5) is 0 Å². The molecule has 3 N–H and O–H groups in total. The van der Waals surface area contributed by atoms with Crippen LogP contribution in [0.3, 0.4) is 0 Å². The van der Waals surface area contributed by atoms with Gasteiger partial charge < -0.3 is 10.1 Å². The van der Waals surface area contributed by atoms with Crippen LogP contribution >= 0.6 is 0 Å². The fourth-order valence-corrected chi connectivity index (χ4v) is 4.62. The lowest BCUT2D eigenvalue weighted by molar-refractivity contribution is -0.129. The van der Waals surface area contributed by atoms with Crippen LogP contribution in [0.25, 0.3) is 0 Å². The van der Waals surface area contributed by atoms with Gasteiger partial charge in [0.1, 0.15) is 5.75 Å². The summed E-state index contributed by atoms with van der Waals surface area (Å²) in [6.45, 7) is 2.14. The van der Waals surface area contributed by atoms with Crippen molar-refractivity contribution in [3.8, 4) is 5.75 Å². The molecule has 1 heterocycles. The van der Waals surface area contributed by atoms with E-state index < -0.39 is 28.5 Å². The first-order valence-electron chi connectivity index (χ1n) is 8.22. The van der Waals surface area contributed by atoms with E-state index in [0.29, 0.717) is 5.75 Å². The summed E-state index contributed by atoms with van der Waals surface area (Å²) in [4.78, 5) is 11.8. The van der Waals surface area contributed by atoms with E-state index in [4.69, 9.17) is 9.94 Å². The molecule has 140 valence electrons. The molecule has 9 heteroatoms. The van der Waals surface area contributed by atoms with Crippen molar-refractivity contribution >= 4 is 15.9 Å². The Hall–Kier alpha value is -1.68. The Bertz CT molecular complexity index is 672. The molecule has 8 nitrogen and oxygen atoms in total. The van der Waals surface area contributed by atoms with Crippen LogP contribution in [0.15, 0.2) is 29.2 Å². The number of piperidine rings is 1. The summed E-state index contributed by atoms with van der Waals surface area (Å²) in [5.41, 5.74) is 1.51. The van der Waals surface area contributed by atoms with Crippen LogP contribution < -0.4 is 15.5 Å². The van der Waals surface area contributed by atoms with Crippen molar-refractivity contribution in [1.82, 2.24) is 15.1 Å². The lowest BCUT2D eigenvalue weighted by Crippen LogP contribution is -2.54. The second kappa shape index (κ2) is 8.61. The number of hydroxylamine groups is 1. The van der Waals surface area contributed by atoms with Crippen LogP contribution in [-0.4, -0.2) is 56.1 Å². The summed E-state index contributed by atoms with van der Waals surface area (Å²) in [5, 5.41) is 12.1. The topological polar surface area (TPSA) is 108 Å². The number of hydrogen-bond donors (Lipinski definition) is 3. The van der Waals surface area contributed by atoms with Gasteiger partial charge in [-0.3, -0.25) is 10.0 Å². The third-order valence-electron chi connectivity index (χ3n) is 4.48. The van der Waals surface area contributed by atoms with Gasteiger partial charge >= 0.3 is 0 Å². The Balaban J connectivity index is 2.32. The molecule has 2 rings (SSSR count). The number of sulfonamides is 1. The molecule has 0 saturated carbocycles. The predicted octanol–water partition coefficient (Wildman–Crippen LogP) is 0.722. The highest BCUT2D eigenvalue weighted by Gasteiger charge is 2.35. The zero-order chi connectivity index (χ0) is 18.4. The first kappa shape index (κ1) is 19.6. The maximum absolute atomic E-state index is 13.1. The molecule has 25 heavy (non-hydrogen) atoms. The first-order chi connectivity index (χ1) is 11.9. The zero-order valence-electron chi connectivity index (χ0n) is 14.4. The van der Waals surface area contributed by atoms with Gasteiger partial charge in [-0.2, -0.15) is 4.31 Å². The van der Waals surface area contributed by atoms with Gasteiger partial charge in [0.25, 0.3) is 5.91 Å². The molecule has 0 spiro atoms. The number of hydrogen-bond acceptors (Lipinski definition) is 6. The SMILES string of the molecule is COc1ccc(S(=O)(=O)N(CC(=O)NO)C(C)C2CCCCN2)cc1. The molecule has 0 aromatic heterocycles. The Morgan fingerprint density at radius 1 is 1.40 bits per heavy atom. The lowest BCUT2D eigenvalue weighted by atomic mass is 9.99. The van der Waals surface area contributed by atoms with Gasteiger partial charge in [0.15, 0.2) is 0 Å². The maximum atomic E-state index is 13.1. The van der Waals surface area contributed by atoms with Crippen LogP contribution in [0.2, 0.25) is 0 Å². The average Bonchev–Trinajstić information content (AvgIpc) is 2.65. The molecule has 1 aromatic carbocycles. The second-order valence-corrected chi connectivity index (χ2v) is 7.95. The number of carbonyl (C=O) groups excluding carboxylic acids is 1. The van der Waals surface area contributed by atoms with E-state index in [1.807, 2.05) is 0 Å². The van der Waals surface area contributed by atoms with E-state index in [1.165, 1.54) is 24.7 Å². The molecule has 1 aliphatic heterocycles. The van der Waals surface area contributed by atoms with Crippen LogP contribution in [-0.2, 0) is 14.8 Å². The molecule has 1 aromatic rings. The van der Waals surface area contributed by atoms with Gasteiger partial charge in [-0.25, -0.2) is 13.9 Å². The highest BCUT2D eigenvalue weighted by molar-refractivity contribution is 7.89. The minimum Gasteiger partial charge on any atom is -0.497 e. The molecule has 1 amide bonds. The minimum absolute atomic E-state index is 0.0479. The highest BCUT2D eigenvalue weighted by atomic mass is 32.2. The van der Waals surface area contributed by atoms with E-state index in [1.54, 1.807) is 19.1 Å². The zero-order valence-corrected chi connectivity index (χ0v) is 15.3. The summed E-state index contributed by atoms with van der Waals surface area (Å²) in [6.07, 6.45) is 2.88. The van der Waals surface area contributed by atoms with E-state index >= 15 is 0 Å². The van der Waals surface area contributed by atoms with Gasteiger partial charge in [-0.1, -0.05) is 6.42 Å². The normalized spacial score (nSPS) is 19.4. The molecule has 1 saturated heterocycles.